The number of aliphatic imine (C=N–C) groups is 1. The molecule has 35 heavy (non-hydrogen) atoms. The fraction of sp³-hybridized carbons (Fsp3) is 0.414. The molecular formula is C29H37N3NiO2. The van der Waals surface area contributed by atoms with E-state index in [-0.39, 0.29) is 33.1 Å². The minimum Gasteiger partial charge on any atom is -0.873 e. The Hall–Kier alpha value is -2.72. The molecule has 0 bridgehead atoms. The molecule has 0 aliphatic heterocycles. The van der Waals surface area contributed by atoms with Crippen molar-refractivity contribution in [3.63, 3.8) is 0 Å². The number of aromatic nitrogens is 2. The standard InChI is InChI=1S/C15H17N3.C14H22O2.Ni/c1-3-12-7-5-8-13(4-2)15(12)18-11-14-16-9-6-10-17-14;1-13(2,3)9-7-10(14(4,5)6)12(16)11(15)8-9;/h5-11H,3-4H2,1-2H3;7-8,15-16H,1-6H3;/q;;+2/p-2. The molecule has 0 spiro atoms. The van der Waals surface area contributed by atoms with Gasteiger partial charge in [0, 0.05) is 12.4 Å². The van der Waals surface area contributed by atoms with Crippen LogP contribution in [0.2, 0.25) is 0 Å². The second-order valence-corrected chi connectivity index (χ2v) is 10.3. The van der Waals surface area contributed by atoms with Crippen LogP contribution in [0.15, 0.2) is 53.8 Å². The molecule has 0 amide bonds. The Morgan fingerprint density at radius 2 is 1.37 bits per heavy atom. The van der Waals surface area contributed by atoms with E-state index in [0.717, 1.165) is 24.1 Å². The van der Waals surface area contributed by atoms with Gasteiger partial charge in [-0.2, -0.15) is 0 Å². The number of hydrogen-bond donors (Lipinski definition) is 0. The zero-order valence-electron chi connectivity index (χ0n) is 22.1. The van der Waals surface area contributed by atoms with E-state index in [2.05, 4.69) is 47.0 Å². The Bertz CT molecular complexity index is 1090. The van der Waals surface area contributed by atoms with Crippen molar-refractivity contribution >= 4 is 11.9 Å². The van der Waals surface area contributed by atoms with Crippen LogP contribution in [0.25, 0.3) is 0 Å². The molecule has 0 atom stereocenters. The average Bonchev–Trinajstić information content (AvgIpc) is 2.78. The summed E-state index contributed by atoms with van der Waals surface area (Å²) in [5, 5.41) is 23.4. The van der Waals surface area contributed by atoms with E-state index < -0.39 is 5.75 Å². The van der Waals surface area contributed by atoms with Crippen molar-refractivity contribution in [2.45, 2.75) is 79.1 Å². The van der Waals surface area contributed by atoms with Gasteiger partial charge in [0.2, 0.25) is 0 Å². The zero-order chi connectivity index (χ0) is 25.5. The largest absolute Gasteiger partial charge is 2.00 e. The molecule has 0 unspecified atom stereocenters. The van der Waals surface area contributed by atoms with Crippen LogP contribution in [-0.2, 0) is 40.2 Å². The number of benzene rings is 2. The molecular weight excluding hydrogens is 481 g/mol. The van der Waals surface area contributed by atoms with Crippen molar-refractivity contribution in [3.05, 3.63) is 76.9 Å². The van der Waals surface area contributed by atoms with Gasteiger partial charge in [-0.1, -0.05) is 91.3 Å². The minimum atomic E-state index is -0.391. The van der Waals surface area contributed by atoms with Gasteiger partial charge in [-0.3, -0.25) is 4.99 Å². The van der Waals surface area contributed by atoms with Gasteiger partial charge in [0.1, 0.15) is 0 Å². The van der Waals surface area contributed by atoms with Gasteiger partial charge in [-0.15, -0.1) is 11.5 Å². The Labute approximate surface area is 220 Å². The van der Waals surface area contributed by atoms with E-state index in [1.807, 2.05) is 47.6 Å². The second-order valence-electron chi connectivity index (χ2n) is 10.3. The first-order valence-electron chi connectivity index (χ1n) is 11.8. The minimum absolute atomic E-state index is 0. The summed E-state index contributed by atoms with van der Waals surface area (Å²) in [6.45, 7) is 16.3. The number of hydrogen-bond acceptors (Lipinski definition) is 5. The van der Waals surface area contributed by atoms with Crippen molar-refractivity contribution in [1.29, 1.82) is 0 Å². The van der Waals surface area contributed by atoms with Crippen LogP contribution in [0, 0.1) is 0 Å². The van der Waals surface area contributed by atoms with E-state index in [0.29, 0.717) is 11.4 Å². The Morgan fingerprint density at radius 1 is 0.829 bits per heavy atom. The van der Waals surface area contributed by atoms with Gasteiger partial charge >= 0.3 is 16.5 Å². The summed E-state index contributed by atoms with van der Waals surface area (Å²) in [4.78, 5) is 12.9. The summed E-state index contributed by atoms with van der Waals surface area (Å²) < 4.78 is 0. The first-order chi connectivity index (χ1) is 15.9. The van der Waals surface area contributed by atoms with Crippen molar-refractivity contribution < 1.29 is 26.7 Å². The summed E-state index contributed by atoms with van der Waals surface area (Å²) in [5.41, 5.74) is 4.76. The number of para-hydroxylation sites is 1. The molecule has 0 radical (unpaired) electrons. The molecule has 3 rings (SSSR count). The summed E-state index contributed by atoms with van der Waals surface area (Å²) in [7, 11) is 0. The predicted molar refractivity (Wildman–Crippen MR) is 137 cm³/mol. The molecule has 5 nitrogen and oxygen atoms in total. The zero-order valence-corrected chi connectivity index (χ0v) is 23.1. The van der Waals surface area contributed by atoms with Crippen LogP contribution in [0.4, 0.5) is 5.69 Å². The van der Waals surface area contributed by atoms with E-state index >= 15 is 0 Å². The number of nitrogens with zero attached hydrogens (tertiary/aromatic N) is 3. The van der Waals surface area contributed by atoms with Crippen molar-refractivity contribution in [3.8, 4) is 11.5 Å². The molecule has 0 aliphatic carbocycles. The monoisotopic (exact) mass is 517 g/mol. The molecule has 6 heteroatoms. The SMILES string of the molecule is CC(C)(C)c1cc([O-])c([O-])c(C(C)(C)C)c1.CCc1cccc(CC)c1N=Cc1ncccn1.[Ni+2]. The third kappa shape index (κ3) is 8.47. The van der Waals surface area contributed by atoms with Gasteiger partial charge in [0.15, 0.2) is 5.82 Å². The van der Waals surface area contributed by atoms with E-state index in [4.69, 9.17) is 0 Å². The quantitative estimate of drug-likeness (QED) is 0.324. The van der Waals surface area contributed by atoms with Gasteiger partial charge < -0.3 is 10.2 Å². The molecule has 0 aliphatic rings. The molecule has 1 heterocycles. The molecule has 2 aromatic carbocycles. The maximum atomic E-state index is 11.8. The van der Waals surface area contributed by atoms with Gasteiger partial charge in [-0.05, 0) is 46.4 Å². The van der Waals surface area contributed by atoms with Crippen LogP contribution in [0.3, 0.4) is 0 Å². The van der Waals surface area contributed by atoms with Crippen LogP contribution in [-0.4, -0.2) is 16.2 Å². The second kappa shape index (κ2) is 12.8. The van der Waals surface area contributed by atoms with Crippen molar-refractivity contribution in [2.24, 2.45) is 4.99 Å². The molecule has 0 saturated heterocycles. The fourth-order valence-electron chi connectivity index (χ4n) is 3.47. The van der Waals surface area contributed by atoms with Crippen LogP contribution in [0.1, 0.15) is 83.5 Å². The molecule has 0 saturated carbocycles. The van der Waals surface area contributed by atoms with Crippen molar-refractivity contribution in [2.75, 3.05) is 0 Å². The molecule has 0 N–H and O–H groups in total. The Balaban J connectivity index is 0.000000343. The smallest absolute Gasteiger partial charge is 0.873 e. The summed E-state index contributed by atoms with van der Waals surface area (Å²) in [6.07, 6.45) is 7.14. The number of rotatable bonds is 4. The van der Waals surface area contributed by atoms with Gasteiger partial charge in [0.05, 0.1) is 11.9 Å². The molecule has 1 aromatic heterocycles. The van der Waals surface area contributed by atoms with Gasteiger partial charge in [0.25, 0.3) is 0 Å². The molecule has 0 fully saturated rings. The van der Waals surface area contributed by atoms with Crippen LogP contribution < -0.4 is 10.2 Å². The fourth-order valence-corrected chi connectivity index (χ4v) is 3.47. The maximum absolute atomic E-state index is 11.8. The Morgan fingerprint density at radius 3 is 1.83 bits per heavy atom. The third-order valence-corrected chi connectivity index (χ3v) is 5.59. The van der Waals surface area contributed by atoms with Gasteiger partial charge in [-0.25, -0.2) is 9.97 Å². The van der Waals surface area contributed by atoms with Crippen LogP contribution >= 0.6 is 0 Å². The summed E-state index contributed by atoms with van der Waals surface area (Å²) in [5.74, 6) is -0.108. The van der Waals surface area contributed by atoms with E-state index in [1.54, 1.807) is 24.7 Å². The first-order valence-corrected chi connectivity index (χ1v) is 11.8. The first kappa shape index (κ1) is 30.3. The number of aryl methyl sites for hydroxylation is 2. The summed E-state index contributed by atoms with van der Waals surface area (Å²) in [6, 6.07) is 11.5. The van der Waals surface area contributed by atoms with Crippen molar-refractivity contribution in [1.82, 2.24) is 9.97 Å². The van der Waals surface area contributed by atoms with E-state index in [1.165, 1.54) is 17.2 Å². The average molecular weight is 518 g/mol. The predicted octanol–water partition coefficient (Wildman–Crippen LogP) is 5.78. The normalized spacial score (nSPS) is 11.5. The van der Waals surface area contributed by atoms with E-state index in [9.17, 15) is 10.2 Å². The third-order valence-electron chi connectivity index (χ3n) is 5.59. The van der Waals surface area contributed by atoms with Crippen LogP contribution in [0.5, 0.6) is 11.5 Å². The molecule has 190 valence electrons. The Kier molecular flexibility index (Phi) is 11.1. The summed E-state index contributed by atoms with van der Waals surface area (Å²) >= 11 is 0. The molecule has 3 aromatic rings. The topological polar surface area (TPSA) is 84.3 Å². The maximum Gasteiger partial charge on any atom is 2.00 e.